The Bertz CT molecular complexity index is 854. The molecule has 0 aliphatic carbocycles. The van der Waals surface area contributed by atoms with Crippen molar-refractivity contribution < 1.29 is 4.79 Å². The van der Waals surface area contributed by atoms with E-state index in [2.05, 4.69) is 25.3 Å². The van der Waals surface area contributed by atoms with E-state index in [0.29, 0.717) is 27.8 Å². The quantitative estimate of drug-likeness (QED) is 0.411. The van der Waals surface area contributed by atoms with Gasteiger partial charge in [0.2, 0.25) is 11.2 Å². The number of H-pyrrole nitrogens is 1. The Kier molecular flexibility index (Phi) is 5.00. The number of aromatic amines is 1. The number of nitrogens with zero attached hydrogens (tertiary/aromatic N) is 3. The van der Waals surface area contributed by atoms with Crippen LogP contribution in [-0.2, 0) is 11.3 Å². The van der Waals surface area contributed by atoms with Crippen LogP contribution in [0.3, 0.4) is 0 Å². The van der Waals surface area contributed by atoms with E-state index in [-0.39, 0.29) is 16.9 Å². The number of benzene rings is 1. The van der Waals surface area contributed by atoms with Gasteiger partial charge in [-0.05, 0) is 23.2 Å². The van der Waals surface area contributed by atoms with E-state index in [1.165, 1.54) is 18.1 Å². The second-order valence-corrected chi connectivity index (χ2v) is 6.27. The summed E-state index contributed by atoms with van der Waals surface area (Å²) in [6.07, 6.45) is 1.51. The normalized spacial score (nSPS) is 10.9. The number of carbonyl (C=O) groups excluding carboxylic acids is 1. The number of amides is 1. The number of aromatic nitrogens is 4. The number of carbonyl (C=O) groups is 1. The zero-order chi connectivity index (χ0) is 16.2. The standard InChI is InChI=1S/C14H11Cl2N5OS/c15-9-4-2-1-3-8(9)5-17-10(22)6-23-13-11-12(19-7-18-11)20-14(16)21-13/h1-4,7H,5-6H2,(H,17,22)(H,18,19,20,21). The van der Waals surface area contributed by atoms with Crippen LogP contribution in [-0.4, -0.2) is 31.6 Å². The van der Waals surface area contributed by atoms with Gasteiger partial charge in [-0.25, -0.2) is 9.97 Å². The highest BCUT2D eigenvalue weighted by Crippen LogP contribution is 2.24. The highest BCUT2D eigenvalue weighted by atomic mass is 35.5. The van der Waals surface area contributed by atoms with Gasteiger partial charge in [0.25, 0.3) is 0 Å². The summed E-state index contributed by atoms with van der Waals surface area (Å²) in [7, 11) is 0. The molecule has 0 saturated carbocycles. The van der Waals surface area contributed by atoms with Gasteiger partial charge in [-0.2, -0.15) is 4.98 Å². The van der Waals surface area contributed by atoms with Gasteiger partial charge in [0, 0.05) is 11.6 Å². The summed E-state index contributed by atoms with van der Waals surface area (Å²) in [6, 6.07) is 7.38. The highest BCUT2D eigenvalue weighted by Gasteiger charge is 2.12. The van der Waals surface area contributed by atoms with Crippen molar-refractivity contribution in [3.8, 4) is 0 Å². The van der Waals surface area contributed by atoms with Crippen molar-refractivity contribution in [2.75, 3.05) is 5.75 Å². The Morgan fingerprint density at radius 3 is 2.91 bits per heavy atom. The maximum atomic E-state index is 12.0. The molecular formula is C14H11Cl2N5OS. The van der Waals surface area contributed by atoms with E-state index in [9.17, 15) is 4.79 Å². The van der Waals surface area contributed by atoms with Crippen LogP contribution >= 0.6 is 35.0 Å². The summed E-state index contributed by atoms with van der Waals surface area (Å²) in [6.45, 7) is 0.378. The summed E-state index contributed by atoms with van der Waals surface area (Å²) >= 11 is 13.2. The molecule has 0 radical (unpaired) electrons. The van der Waals surface area contributed by atoms with Gasteiger partial charge in [-0.1, -0.05) is 41.6 Å². The average molecular weight is 368 g/mol. The Labute approximate surface area is 146 Å². The number of nitrogens with one attached hydrogen (secondary N) is 2. The first-order chi connectivity index (χ1) is 11.1. The molecule has 0 aliphatic heterocycles. The van der Waals surface area contributed by atoms with Crippen LogP contribution in [0.5, 0.6) is 0 Å². The minimum Gasteiger partial charge on any atom is -0.351 e. The number of imidazole rings is 1. The summed E-state index contributed by atoms with van der Waals surface area (Å²) in [5.74, 6) is 0.0728. The van der Waals surface area contributed by atoms with Crippen molar-refractivity contribution in [3.05, 3.63) is 46.5 Å². The molecular weight excluding hydrogens is 357 g/mol. The first kappa shape index (κ1) is 16.0. The van der Waals surface area contributed by atoms with E-state index in [1.807, 2.05) is 18.2 Å². The average Bonchev–Trinajstić information content (AvgIpc) is 3.00. The number of fused-ring (bicyclic) bond motifs is 1. The topological polar surface area (TPSA) is 83.6 Å². The largest absolute Gasteiger partial charge is 0.351 e. The lowest BCUT2D eigenvalue weighted by atomic mass is 10.2. The van der Waals surface area contributed by atoms with Crippen LogP contribution in [0.2, 0.25) is 10.3 Å². The van der Waals surface area contributed by atoms with Crippen molar-refractivity contribution in [2.45, 2.75) is 11.6 Å². The summed E-state index contributed by atoms with van der Waals surface area (Å²) in [4.78, 5) is 27.1. The molecule has 0 saturated heterocycles. The monoisotopic (exact) mass is 367 g/mol. The Morgan fingerprint density at radius 2 is 2.09 bits per heavy atom. The van der Waals surface area contributed by atoms with Crippen molar-refractivity contribution in [3.63, 3.8) is 0 Å². The molecule has 6 nitrogen and oxygen atoms in total. The van der Waals surface area contributed by atoms with Gasteiger partial charge in [0.05, 0.1) is 12.1 Å². The Morgan fingerprint density at radius 1 is 1.26 bits per heavy atom. The SMILES string of the molecule is O=C(CSc1nc(Cl)nc2nc[nH]c12)NCc1ccccc1Cl. The molecule has 2 aromatic heterocycles. The van der Waals surface area contributed by atoms with Gasteiger partial charge < -0.3 is 10.3 Å². The summed E-state index contributed by atoms with van der Waals surface area (Å²) in [5.41, 5.74) is 2.01. The zero-order valence-corrected chi connectivity index (χ0v) is 14.0. The maximum absolute atomic E-state index is 12.0. The number of rotatable bonds is 5. The molecule has 1 amide bonds. The van der Waals surface area contributed by atoms with Crippen LogP contribution in [0.4, 0.5) is 0 Å². The van der Waals surface area contributed by atoms with Crippen molar-refractivity contribution in [1.29, 1.82) is 0 Å². The molecule has 0 bridgehead atoms. The fourth-order valence-electron chi connectivity index (χ4n) is 1.91. The van der Waals surface area contributed by atoms with E-state index < -0.39 is 0 Å². The molecule has 2 heterocycles. The minimum atomic E-state index is -0.127. The van der Waals surface area contributed by atoms with Crippen molar-refractivity contribution >= 4 is 52.0 Å². The first-order valence-corrected chi connectivity index (χ1v) is 8.37. The van der Waals surface area contributed by atoms with Gasteiger partial charge in [0.1, 0.15) is 10.5 Å². The second kappa shape index (κ2) is 7.16. The summed E-state index contributed by atoms with van der Waals surface area (Å²) in [5, 5.41) is 4.14. The Hall–Kier alpha value is -1.83. The van der Waals surface area contributed by atoms with E-state index in [0.717, 1.165) is 5.56 Å². The summed E-state index contributed by atoms with van der Waals surface area (Å²) < 4.78 is 0. The van der Waals surface area contributed by atoms with Crippen LogP contribution < -0.4 is 5.32 Å². The predicted molar refractivity (Wildman–Crippen MR) is 90.7 cm³/mol. The third-order valence-corrected chi connectivity index (χ3v) is 4.51. The van der Waals surface area contributed by atoms with Gasteiger partial charge >= 0.3 is 0 Å². The van der Waals surface area contributed by atoms with E-state index >= 15 is 0 Å². The van der Waals surface area contributed by atoms with Crippen molar-refractivity contribution in [1.82, 2.24) is 25.3 Å². The van der Waals surface area contributed by atoms with Gasteiger partial charge in [-0.3, -0.25) is 4.79 Å². The molecule has 0 fully saturated rings. The van der Waals surface area contributed by atoms with Crippen LogP contribution in [0.1, 0.15) is 5.56 Å². The molecule has 3 aromatic rings. The van der Waals surface area contributed by atoms with Crippen LogP contribution in [0.25, 0.3) is 11.2 Å². The predicted octanol–water partition coefficient (Wildman–Crippen LogP) is 3.07. The molecule has 23 heavy (non-hydrogen) atoms. The van der Waals surface area contributed by atoms with E-state index in [1.54, 1.807) is 6.07 Å². The maximum Gasteiger partial charge on any atom is 0.230 e. The molecule has 9 heteroatoms. The third kappa shape index (κ3) is 3.93. The number of halogens is 2. The molecule has 0 spiro atoms. The molecule has 0 unspecified atom stereocenters. The number of hydrogen-bond donors (Lipinski definition) is 2. The third-order valence-electron chi connectivity index (χ3n) is 3.00. The van der Waals surface area contributed by atoms with Crippen molar-refractivity contribution in [2.24, 2.45) is 0 Å². The first-order valence-electron chi connectivity index (χ1n) is 6.63. The van der Waals surface area contributed by atoms with E-state index in [4.69, 9.17) is 23.2 Å². The molecule has 0 aliphatic rings. The molecule has 0 atom stereocenters. The Balaban J connectivity index is 1.60. The van der Waals surface area contributed by atoms with Gasteiger partial charge in [-0.15, -0.1) is 0 Å². The zero-order valence-electron chi connectivity index (χ0n) is 11.7. The lowest BCUT2D eigenvalue weighted by Crippen LogP contribution is -2.24. The highest BCUT2D eigenvalue weighted by molar-refractivity contribution is 8.00. The fourth-order valence-corrected chi connectivity index (χ4v) is 3.14. The molecule has 118 valence electrons. The number of thioether (sulfide) groups is 1. The second-order valence-electron chi connectivity index (χ2n) is 4.56. The van der Waals surface area contributed by atoms with Gasteiger partial charge in [0.15, 0.2) is 5.65 Å². The molecule has 3 rings (SSSR count). The molecule has 2 N–H and O–H groups in total. The minimum absolute atomic E-state index is 0.101. The lowest BCUT2D eigenvalue weighted by Gasteiger charge is -2.07. The number of hydrogen-bond acceptors (Lipinski definition) is 5. The van der Waals surface area contributed by atoms with Crippen LogP contribution in [0.15, 0.2) is 35.6 Å². The van der Waals surface area contributed by atoms with Crippen LogP contribution in [0, 0.1) is 0 Å². The lowest BCUT2D eigenvalue weighted by molar-refractivity contribution is -0.118. The fraction of sp³-hybridized carbons (Fsp3) is 0.143. The smallest absolute Gasteiger partial charge is 0.230 e. The molecule has 1 aromatic carbocycles.